The zero-order valence-corrected chi connectivity index (χ0v) is 15.9. The van der Waals surface area contributed by atoms with Crippen LogP contribution in [0.25, 0.3) is 0 Å². The summed E-state index contributed by atoms with van der Waals surface area (Å²) in [6.45, 7) is 7.33. The van der Waals surface area contributed by atoms with E-state index in [0.717, 1.165) is 18.2 Å². The van der Waals surface area contributed by atoms with Gasteiger partial charge in [-0.2, -0.15) is 0 Å². The first-order valence-electron chi connectivity index (χ1n) is 8.08. The lowest BCUT2D eigenvalue weighted by Gasteiger charge is -2.40. The predicted molar refractivity (Wildman–Crippen MR) is 101 cm³/mol. The molecule has 2 fully saturated rings. The summed E-state index contributed by atoms with van der Waals surface area (Å²) in [7, 11) is 1.39. The highest BCUT2D eigenvalue weighted by Crippen LogP contribution is 2.70. The number of hydrogen-bond acceptors (Lipinski definition) is 3. The van der Waals surface area contributed by atoms with E-state index in [4.69, 9.17) is 9.92 Å². The fourth-order valence-electron chi connectivity index (χ4n) is 5.70. The predicted octanol–water partition coefficient (Wildman–Crippen LogP) is 5.26. The molecule has 2 N–H and O–H groups in total. The second kappa shape index (κ2) is 5.42. The highest BCUT2D eigenvalue weighted by Gasteiger charge is 2.59. The van der Waals surface area contributed by atoms with E-state index < -0.39 is 0 Å². The van der Waals surface area contributed by atoms with Gasteiger partial charge in [-0.15, -0.1) is 0 Å². The van der Waals surface area contributed by atoms with Crippen molar-refractivity contribution in [1.29, 1.82) is 0 Å². The van der Waals surface area contributed by atoms with Crippen LogP contribution in [-0.4, -0.2) is 6.54 Å². The fraction of sp³-hybridized carbons (Fsp3) is 0.556. The van der Waals surface area contributed by atoms with Crippen LogP contribution < -0.4 is 9.92 Å². The van der Waals surface area contributed by atoms with E-state index in [9.17, 15) is 0 Å². The van der Waals surface area contributed by atoms with Crippen LogP contribution in [0.5, 0.6) is 5.75 Å². The van der Waals surface area contributed by atoms with Crippen molar-refractivity contribution in [3.05, 3.63) is 41.0 Å². The molecule has 3 aliphatic rings. The third-order valence-electron chi connectivity index (χ3n) is 6.53. The molecular weight excluding hydrogens is 405 g/mol. The van der Waals surface area contributed by atoms with Crippen molar-refractivity contribution < 1.29 is 4.18 Å². The van der Waals surface area contributed by atoms with Crippen LogP contribution in [-0.2, 0) is 0 Å². The molecule has 0 aliphatic heterocycles. The Morgan fingerprint density at radius 2 is 2.27 bits per heavy atom. The lowest BCUT2D eigenvalue weighted by atomic mass is 9.64. The monoisotopic (exact) mass is 427 g/mol. The maximum Gasteiger partial charge on any atom is 0.141 e. The molecule has 4 unspecified atom stereocenters. The molecular formula is C18H22INOS. The van der Waals surface area contributed by atoms with Crippen LogP contribution >= 0.6 is 30.4 Å². The molecule has 0 amide bonds. The summed E-state index contributed by atoms with van der Waals surface area (Å²) in [5.74, 6) is 2.88. The smallest absolute Gasteiger partial charge is 0.141 e. The van der Waals surface area contributed by atoms with Crippen LogP contribution in [0.3, 0.4) is 0 Å². The number of nitrogens with two attached hydrogens (primary N) is 1. The molecule has 2 saturated carbocycles. The third-order valence-corrected chi connectivity index (χ3v) is 7.31. The van der Waals surface area contributed by atoms with Crippen LogP contribution in [0.4, 0.5) is 0 Å². The van der Waals surface area contributed by atoms with E-state index in [2.05, 4.69) is 46.8 Å². The maximum absolute atomic E-state index is 6.30. The average molecular weight is 427 g/mol. The summed E-state index contributed by atoms with van der Waals surface area (Å²) < 4.78 is 5.75. The summed E-state index contributed by atoms with van der Waals surface area (Å²) in [6, 6.07) is 4.47. The van der Waals surface area contributed by atoms with Gasteiger partial charge in [0, 0.05) is 27.1 Å². The first kappa shape index (κ1) is 15.3. The Morgan fingerprint density at radius 1 is 1.45 bits per heavy atom. The van der Waals surface area contributed by atoms with E-state index in [1.54, 1.807) is 5.56 Å². The van der Waals surface area contributed by atoms with Gasteiger partial charge in [-0.05, 0) is 79.2 Å². The molecule has 0 aromatic heterocycles. The van der Waals surface area contributed by atoms with Gasteiger partial charge in [-0.25, -0.2) is 0 Å². The second-order valence-electron chi connectivity index (χ2n) is 7.23. The van der Waals surface area contributed by atoms with Gasteiger partial charge < -0.3 is 9.92 Å². The molecule has 118 valence electrons. The molecule has 4 rings (SSSR count). The van der Waals surface area contributed by atoms with Crippen molar-refractivity contribution in [1.82, 2.24) is 0 Å². The van der Waals surface area contributed by atoms with E-state index in [-0.39, 0.29) is 0 Å². The Bertz CT molecular complexity index is 646. The molecule has 1 spiro atoms. The van der Waals surface area contributed by atoms with Crippen LogP contribution in [0.2, 0.25) is 0 Å². The normalized spacial score (nSPS) is 35.4. The largest absolute Gasteiger partial charge is 0.415 e. The Morgan fingerprint density at radius 3 is 3.00 bits per heavy atom. The van der Waals surface area contributed by atoms with Crippen LogP contribution in [0.1, 0.15) is 54.2 Å². The van der Waals surface area contributed by atoms with E-state index in [0.29, 0.717) is 17.3 Å². The van der Waals surface area contributed by atoms with Gasteiger partial charge in [0.1, 0.15) is 15.0 Å². The van der Waals surface area contributed by atoms with Crippen LogP contribution in [0.15, 0.2) is 24.3 Å². The van der Waals surface area contributed by atoms with Gasteiger partial charge in [0.05, 0.1) is 0 Å². The second-order valence-corrected chi connectivity index (χ2v) is 8.60. The standard InChI is InChI=1S/C18H22INOS/c1-10-7-18-8-12(10)3-5-14(18)13-4-6-16(21-22-19)11(2)17(13)15(18)9-20/h4,6,12,14-15H,1,3,5,7-9,20H2,2H3. The fourth-order valence-corrected chi connectivity index (χ4v) is 6.53. The van der Waals surface area contributed by atoms with Gasteiger partial charge in [0.2, 0.25) is 0 Å². The number of benzene rings is 1. The molecule has 4 atom stereocenters. The lowest BCUT2D eigenvalue weighted by Crippen LogP contribution is -2.33. The van der Waals surface area contributed by atoms with Gasteiger partial charge in [0.25, 0.3) is 0 Å². The number of allylic oxidation sites excluding steroid dienone is 1. The minimum Gasteiger partial charge on any atom is -0.415 e. The number of halogens is 1. The minimum absolute atomic E-state index is 0.345. The maximum atomic E-state index is 6.30. The van der Waals surface area contributed by atoms with Gasteiger partial charge in [0.15, 0.2) is 0 Å². The first-order chi connectivity index (χ1) is 10.6. The van der Waals surface area contributed by atoms with Crippen molar-refractivity contribution in [2.75, 3.05) is 6.54 Å². The average Bonchev–Trinajstić information content (AvgIpc) is 2.93. The number of fused-ring (bicyclic) bond motifs is 3. The SMILES string of the molecule is C=C1CC23CC1CCC2c1ccc(OSI)c(C)c1C3CN. The van der Waals surface area contributed by atoms with Crippen molar-refractivity contribution in [2.24, 2.45) is 17.1 Å². The Balaban J connectivity index is 1.87. The van der Waals surface area contributed by atoms with Gasteiger partial charge in [-0.1, -0.05) is 18.2 Å². The highest BCUT2D eigenvalue weighted by molar-refractivity contribution is 14.2. The topological polar surface area (TPSA) is 35.2 Å². The summed E-state index contributed by atoms with van der Waals surface area (Å²) >= 11 is 2.18. The molecule has 0 heterocycles. The first-order valence-corrected chi connectivity index (χ1v) is 11.4. The summed E-state index contributed by atoms with van der Waals surface area (Å²) in [5.41, 5.74) is 12.5. The molecule has 2 nitrogen and oxygen atoms in total. The van der Waals surface area contributed by atoms with Gasteiger partial charge in [-0.3, -0.25) is 0 Å². The van der Waals surface area contributed by atoms with Crippen molar-refractivity contribution in [3.8, 4) is 5.75 Å². The van der Waals surface area contributed by atoms with Crippen LogP contribution in [0, 0.1) is 18.3 Å². The molecule has 1 aromatic carbocycles. The molecule has 4 heteroatoms. The number of hydrogen-bond donors (Lipinski definition) is 1. The molecule has 0 radical (unpaired) electrons. The molecule has 3 aliphatic carbocycles. The Kier molecular flexibility index (Phi) is 3.78. The number of rotatable bonds is 3. The zero-order chi connectivity index (χ0) is 15.5. The zero-order valence-electron chi connectivity index (χ0n) is 12.9. The Labute approximate surface area is 149 Å². The minimum atomic E-state index is 0.345. The summed E-state index contributed by atoms with van der Waals surface area (Å²) in [4.78, 5) is 0. The molecule has 2 bridgehead atoms. The van der Waals surface area contributed by atoms with Crippen molar-refractivity contribution >= 4 is 30.4 Å². The van der Waals surface area contributed by atoms with E-state index >= 15 is 0 Å². The lowest BCUT2D eigenvalue weighted by molar-refractivity contribution is 0.154. The molecule has 22 heavy (non-hydrogen) atoms. The van der Waals surface area contributed by atoms with E-state index in [1.165, 1.54) is 51.6 Å². The van der Waals surface area contributed by atoms with E-state index in [1.807, 2.05) is 0 Å². The quantitative estimate of drug-likeness (QED) is 0.406. The Hall–Kier alpha value is -0.200. The third kappa shape index (κ3) is 1.89. The van der Waals surface area contributed by atoms with Gasteiger partial charge >= 0.3 is 0 Å². The summed E-state index contributed by atoms with van der Waals surface area (Å²) in [6.07, 6.45) is 5.08. The van der Waals surface area contributed by atoms with Crippen molar-refractivity contribution in [2.45, 2.75) is 44.4 Å². The summed E-state index contributed by atoms with van der Waals surface area (Å²) in [5, 5.41) is 0. The molecule has 0 saturated heterocycles. The molecule has 1 aromatic rings. The van der Waals surface area contributed by atoms with Crippen molar-refractivity contribution in [3.63, 3.8) is 0 Å². The highest BCUT2D eigenvalue weighted by atomic mass is 127.